The fraction of sp³-hybridized carbons (Fsp3) is 1.00. The zero-order valence-electron chi connectivity index (χ0n) is 22.8. The van der Waals surface area contributed by atoms with Crippen molar-refractivity contribution in [3.8, 4) is 0 Å². The highest BCUT2D eigenvalue weighted by atomic mass is 15.2. The maximum Gasteiger partial charge on any atom is 0.0110 e. The zero-order chi connectivity index (χ0) is 23.0. The molecular formula is C27H60N2. The second kappa shape index (κ2) is 17.6. The molecule has 0 aromatic carbocycles. The smallest absolute Gasteiger partial charge is 0.0110 e. The molecule has 0 rings (SSSR count). The maximum absolute atomic E-state index is 2.66. The highest BCUT2D eigenvalue weighted by Gasteiger charge is 2.20. The fourth-order valence-electron chi connectivity index (χ4n) is 4.36. The van der Waals surface area contributed by atoms with Gasteiger partial charge in [-0.15, -0.1) is 0 Å². The van der Waals surface area contributed by atoms with E-state index in [-0.39, 0.29) is 0 Å². The Morgan fingerprint density at radius 3 is 0.759 bits per heavy atom. The van der Waals surface area contributed by atoms with Gasteiger partial charge in [-0.25, -0.2) is 0 Å². The first-order valence-corrected chi connectivity index (χ1v) is 12.9. The summed E-state index contributed by atoms with van der Waals surface area (Å²) in [7, 11) is 0. The molecule has 0 radical (unpaired) electrons. The lowest BCUT2D eigenvalue weighted by molar-refractivity contribution is 0.158. The molecule has 0 saturated carbocycles. The highest BCUT2D eigenvalue weighted by Crippen LogP contribution is 2.33. The van der Waals surface area contributed by atoms with Gasteiger partial charge in [0.25, 0.3) is 0 Å². The van der Waals surface area contributed by atoms with E-state index in [0.29, 0.717) is 5.41 Å². The molecular weight excluding hydrogens is 352 g/mol. The number of nitrogens with zero attached hydrogens (tertiary/aromatic N) is 2. The van der Waals surface area contributed by atoms with Crippen molar-refractivity contribution in [2.75, 3.05) is 39.3 Å². The van der Waals surface area contributed by atoms with Crippen molar-refractivity contribution in [3.05, 3.63) is 0 Å². The quantitative estimate of drug-likeness (QED) is 0.270. The van der Waals surface area contributed by atoms with Gasteiger partial charge >= 0.3 is 0 Å². The lowest BCUT2D eigenvalue weighted by Gasteiger charge is -2.31. The molecule has 29 heavy (non-hydrogen) atoms. The Morgan fingerprint density at radius 1 is 0.448 bits per heavy atom. The average Bonchev–Trinajstić information content (AvgIpc) is 2.60. The Morgan fingerprint density at radius 2 is 0.655 bits per heavy atom. The number of hydrogen-bond acceptors (Lipinski definition) is 2. The standard InChI is InChI=1S/C18H40N2.C9H20/c1-15(2)11-19(12-16(3)4)9-10-20(13-17(5)6)14-18(7)8;1-5-9(6-2,7-3)8-4/h15-18H,9-14H2,1-8H3;5-8H2,1-4H3. The Kier molecular flexibility index (Phi) is 18.9. The van der Waals surface area contributed by atoms with Gasteiger partial charge in [0.2, 0.25) is 0 Å². The third-order valence-electron chi connectivity index (χ3n) is 6.23. The van der Waals surface area contributed by atoms with E-state index in [1.807, 2.05) is 0 Å². The topological polar surface area (TPSA) is 6.48 Å². The second-order valence-electron chi connectivity index (χ2n) is 11.0. The molecule has 0 amide bonds. The molecule has 2 heteroatoms. The van der Waals surface area contributed by atoms with Crippen molar-refractivity contribution in [2.24, 2.45) is 29.1 Å². The molecule has 0 heterocycles. The first-order chi connectivity index (χ1) is 13.4. The molecule has 0 atom stereocenters. The van der Waals surface area contributed by atoms with Gasteiger partial charge in [-0.2, -0.15) is 0 Å². The Hall–Kier alpha value is -0.0800. The zero-order valence-corrected chi connectivity index (χ0v) is 22.8. The van der Waals surface area contributed by atoms with Gasteiger partial charge in [0, 0.05) is 39.3 Å². The van der Waals surface area contributed by atoms with Gasteiger partial charge < -0.3 is 9.80 Å². The minimum Gasteiger partial charge on any atom is -0.302 e. The molecule has 2 nitrogen and oxygen atoms in total. The number of rotatable bonds is 15. The fourth-order valence-corrected chi connectivity index (χ4v) is 4.36. The molecule has 0 spiro atoms. The summed E-state index contributed by atoms with van der Waals surface area (Å²) < 4.78 is 0. The van der Waals surface area contributed by atoms with Crippen LogP contribution in [-0.4, -0.2) is 49.1 Å². The van der Waals surface area contributed by atoms with E-state index in [1.54, 1.807) is 0 Å². The summed E-state index contributed by atoms with van der Waals surface area (Å²) in [6.07, 6.45) is 5.38. The van der Waals surface area contributed by atoms with Crippen LogP contribution in [0.4, 0.5) is 0 Å². The summed E-state index contributed by atoms with van der Waals surface area (Å²) in [5, 5.41) is 0. The lowest BCUT2D eigenvalue weighted by atomic mass is 9.78. The van der Waals surface area contributed by atoms with Gasteiger partial charge in [0.1, 0.15) is 0 Å². The summed E-state index contributed by atoms with van der Waals surface area (Å²) in [4.78, 5) is 5.31. The van der Waals surface area contributed by atoms with Crippen LogP contribution in [0.3, 0.4) is 0 Å². The Labute approximate surface area is 187 Å². The summed E-state index contributed by atoms with van der Waals surface area (Å²) >= 11 is 0. The van der Waals surface area contributed by atoms with E-state index in [1.165, 1.54) is 65.0 Å². The van der Waals surface area contributed by atoms with E-state index in [4.69, 9.17) is 0 Å². The van der Waals surface area contributed by atoms with E-state index in [9.17, 15) is 0 Å². The van der Waals surface area contributed by atoms with Crippen LogP contribution >= 0.6 is 0 Å². The molecule has 0 aliphatic rings. The molecule has 0 aliphatic carbocycles. The summed E-state index contributed by atoms with van der Waals surface area (Å²) in [5.41, 5.74) is 0.667. The van der Waals surface area contributed by atoms with Crippen LogP contribution in [0.15, 0.2) is 0 Å². The predicted octanol–water partition coefficient (Wildman–Crippen LogP) is 7.83. The minimum absolute atomic E-state index is 0.667. The van der Waals surface area contributed by atoms with Gasteiger partial charge in [0.15, 0.2) is 0 Å². The molecule has 0 aliphatic heterocycles. The molecule has 0 aromatic heterocycles. The average molecular weight is 413 g/mol. The van der Waals surface area contributed by atoms with E-state index >= 15 is 0 Å². The normalized spacial score (nSPS) is 12.6. The largest absolute Gasteiger partial charge is 0.302 e. The van der Waals surface area contributed by atoms with Crippen LogP contribution in [0.1, 0.15) is 109 Å². The first kappa shape index (κ1) is 31.1. The van der Waals surface area contributed by atoms with Gasteiger partial charge in [-0.3, -0.25) is 0 Å². The van der Waals surface area contributed by atoms with Crippen LogP contribution < -0.4 is 0 Å². The molecule has 0 N–H and O–H groups in total. The number of hydrogen-bond donors (Lipinski definition) is 0. The van der Waals surface area contributed by atoms with Crippen LogP contribution in [0.25, 0.3) is 0 Å². The highest BCUT2D eigenvalue weighted by molar-refractivity contribution is 4.72. The molecule has 0 unspecified atom stereocenters. The summed E-state index contributed by atoms with van der Waals surface area (Å²) in [6, 6.07) is 0. The van der Waals surface area contributed by atoms with Crippen molar-refractivity contribution in [3.63, 3.8) is 0 Å². The van der Waals surface area contributed by atoms with Crippen molar-refractivity contribution in [2.45, 2.75) is 109 Å². The van der Waals surface area contributed by atoms with E-state index in [2.05, 4.69) is 92.9 Å². The van der Waals surface area contributed by atoms with Crippen LogP contribution in [0.2, 0.25) is 0 Å². The van der Waals surface area contributed by atoms with Crippen molar-refractivity contribution in [1.82, 2.24) is 9.80 Å². The summed E-state index contributed by atoms with van der Waals surface area (Å²) in [6.45, 7) is 35.2. The predicted molar refractivity (Wildman–Crippen MR) is 136 cm³/mol. The monoisotopic (exact) mass is 412 g/mol. The Bertz CT molecular complexity index is 281. The van der Waals surface area contributed by atoms with Gasteiger partial charge in [0.05, 0.1) is 0 Å². The molecule has 0 saturated heterocycles. The van der Waals surface area contributed by atoms with Gasteiger partial charge in [-0.05, 0) is 29.1 Å². The second-order valence-corrected chi connectivity index (χ2v) is 11.0. The van der Waals surface area contributed by atoms with E-state index < -0.39 is 0 Å². The van der Waals surface area contributed by atoms with Crippen LogP contribution in [0, 0.1) is 29.1 Å². The molecule has 0 aromatic rings. The maximum atomic E-state index is 2.66. The van der Waals surface area contributed by atoms with Crippen molar-refractivity contribution < 1.29 is 0 Å². The lowest BCUT2D eigenvalue weighted by Crippen LogP contribution is -2.41. The minimum atomic E-state index is 0.667. The summed E-state index contributed by atoms with van der Waals surface area (Å²) in [5.74, 6) is 3.05. The van der Waals surface area contributed by atoms with Crippen molar-refractivity contribution in [1.29, 1.82) is 0 Å². The third-order valence-corrected chi connectivity index (χ3v) is 6.23. The van der Waals surface area contributed by atoms with E-state index in [0.717, 1.165) is 23.7 Å². The first-order valence-electron chi connectivity index (χ1n) is 12.9. The SMILES string of the molecule is CC(C)CN(CCN(CC(C)C)CC(C)C)CC(C)C.CCC(CC)(CC)CC. The third kappa shape index (κ3) is 17.3. The van der Waals surface area contributed by atoms with Crippen LogP contribution in [0.5, 0.6) is 0 Å². The molecule has 0 bridgehead atoms. The molecule has 0 fully saturated rings. The van der Waals surface area contributed by atoms with Crippen molar-refractivity contribution >= 4 is 0 Å². The van der Waals surface area contributed by atoms with Crippen LogP contribution in [-0.2, 0) is 0 Å². The Balaban J connectivity index is 0. The molecule has 178 valence electrons. The van der Waals surface area contributed by atoms with Gasteiger partial charge in [-0.1, -0.05) is 109 Å².